The number of benzene rings is 1. The summed E-state index contributed by atoms with van der Waals surface area (Å²) in [6, 6.07) is 2.55. The third-order valence-electron chi connectivity index (χ3n) is 3.86. The Morgan fingerprint density at radius 3 is 2.55 bits per heavy atom. The smallest absolute Gasteiger partial charge is 0.240 e. The minimum atomic E-state index is -3.82. The van der Waals surface area contributed by atoms with Gasteiger partial charge in [0.2, 0.25) is 10.0 Å². The largest absolute Gasteiger partial charge is 0.330 e. The highest BCUT2D eigenvalue weighted by molar-refractivity contribution is 7.89. The Labute approximate surface area is 117 Å². The van der Waals surface area contributed by atoms with Gasteiger partial charge < -0.3 is 5.73 Å². The van der Waals surface area contributed by atoms with Crippen molar-refractivity contribution in [1.82, 2.24) is 4.72 Å². The number of hydrogen-bond donors (Lipinski definition) is 2. The van der Waals surface area contributed by atoms with Crippen LogP contribution < -0.4 is 10.5 Å². The molecule has 4 nitrogen and oxygen atoms in total. The van der Waals surface area contributed by atoms with Gasteiger partial charge in [-0.1, -0.05) is 6.42 Å². The molecule has 3 N–H and O–H groups in total. The summed E-state index contributed by atoms with van der Waals surface area (Å²) in [5, 5.41) is 0. The number of halogens is 2. The second-order valence-corrected chi connectivity index (χ2v) is 6.88. The van der Waals surface area contributed by atoms with Crippen LogP contribution in [-0.2, 0) is 10.0 Å². The zero-order valence-electron chi connectivity index (χ0n) is 11.0. The third kappa shape index (κ3) is 3.34. The van der Waals surface area contributed by atoms with E-state index >= 15 is 0 Å². The van der Waals surface area contributed by atoms with Crippen molar-refractivity contribution in [1.29, 1.82) is 0 Å². The van der Waals surface area contributed by atoms with E-state index in [1.54, 1.807) is 0 Å². The Hall–Kier alpha value is -1.05. The molecular weight excluding hydrogens is 286 g/mol. The summed E-state index contributed by atoms with van der Waals surface area (Å²) in [5.41, 5.74) is 5.64. The van der Waals surface area contributed by atoms with Gasteiger partial charge in [0.05, 0.1) is 4.90 Å². The first kappa shape index (κ1) is 15.3. The molecule has 2 atom stereocenters. The minimum absolute atomic E-state index is 0.208. The number of nitrogens with two attached hydrogens (primary N) is 1. The third-order valence-corrected chi connectivity index (χ3v) is 5.28. The van der Waals surface area contributed by atoms with Crippen molar-refractivity contribution in [3.8, 4) is 0 Å². The van der Waals surface area contributed by atoms with Gasteiger partial charge in [-0.05, 0) is 49.4 Å². The molecule has 20 heavy (non-hydrogen) atoms. The van der Waals surface area contributed by atoms with Crippen LogP contribution in [0.4, 0.5) is 8.78 Å². The highest BCUT2D eigenvalue weighted by Gasteiger charge is 2.27. The Kier molecular flexibility index (Phi) is 4.72. The molecule has 0 aromatic heterocycles. The lowest BCUT2D eigenvalue weighted by atomic mass is 9.97. The van der Waals surface area contributed by atoms with Crippen molar-refractivity contribution in [3.63, 3.8) is 0 Å². The highest BCUT2D eigenvalue weighted by atomic mass is 32.2. The number of rotatable bonds is 5. The summed E-state index contributed by atoms with van der Waals surface area (Å²) in [6.45, 7) is 0.820. The first-order chi connectivity index (χ1) is 9.44. The Morgan fingerprint density at radius 1 is 1.20 bits per heavy atom. The van der Waals surface area contributed by atoms with Crippen LogP contribution in [0.5, 0.6) is 0 Å². The van der Waals surface area contributed by atoms with Crippen LogP contribution in [0.15, 0.2) is 23.1 Å². The molecule has 2 rings (SSSR count). The van der Waals surface area contributed by atoms with Crippen LogP contribution in [0.25, 0.3) is 0 Å². The Balaban J connectivity index is 2.05. The molecule has 112 valence electrons. The van der Waals surface area contributed by atoms with Gasteiger partial charge in [-0.2, -0.15) is 0 Å². The molecule has 0 amide bonds. The zero-order chi connectivity index (χ0) is 14.8. The number of nitrogens with one attached hydrogen (secondary N) is 1. The predicted octanol–water partition coefficient (Wildman–Crippen LogP) is 1.62. The maximum atomic E-state index is 13.1. The molecular formula is C13H18F2N2O2S. The molecule has 1 fully saturated rings. The molecule has 0 heterocycles. The SMILES string of the molecule is NCC1CCCC1CNS(=O)(=O)c1ccc(F)c(F)c1. The lowest BCUT2D eigenvalue weighted by molar-refractivity contribution is 0.393. The lowest BCUT2D eigenvalue weighted by Gasteiger charge is -2.18. The number of sulfonamides is 1. The normalized spacial score (nSPS) is 23.1. The molecule has 7 heteroatoms. The monoisotopic (exact) mass is 304 g/mol. The minimum Gasteiger partial charge on any atom is -0.330 e. The lowest BCUT2D eigenvalue weighted by Crippen LogP contribution is -2.33. The molecule has 1 aromatic rings. The molecule has 0 saturated heterocycles. The van der Waals surface area contributed by atoms with E-state index in [0.29, 0.717) is 18.5 Å². The summed E-state index contributed by atoms with van der Waals surface area (Å²) < 4.78 is 52.4. The standard InChI is InChI=1S/C13H18F2N2O2S/c14-12-5-4-11(6-13(12)15)20(18,19)17-8-10-3-1-2-9(10)7-16/h4-6,9-10,17H,1-3,7-8,16H2. The van der Waals surface area contributed by atoms with Gasteiger partial charge >= 0.3 is 0 Å². The first-order valence-electron chi connectivity index (χ1n) is 6.59. The molecule has 0 bridgehead atoms. The van der Waals surface area contributed by atoms with Crippen molar-refractivity contribution in [2.24, 2.45) is 17.6 Å². The fraction of sp³-hybridized carbons (Fsp3) is 0.538. The van der Waals surface area contributed by atoms with Crippen LogP contribution in [0, 0.1) is 23.5 Å². The fourth-order valence-corrected chi connectivity index (χ4v) is 3.74. The predicted molar refractivity (Wildman–Crippen MR) is 71.4 cm³/mol. The molecule has 1 aromatic carbocycles. The number of hydrogen-bond acceptors (Lipinski definition) is 3. The topological polar surface area (TPSA) is 72.2 Å². The van der Waals surface area contributed by atoms with E-state index in [4.69, 9.17) is 5.73 Å². The maximum absolute atomic E-state index is 13.1. The van der Waals surface area contributed by atoms with Gasteiger partial charge in [0.25, 0.3) is 0 Å². The second-order valence-electron chi connectivity index (χ2n) is 5.11. The van der Waals surface area contributed by atoms with Gasteiger partial charge in [-0.3, -0.25) is 0 Å². The van der Waals surface area contributed by atoms with Crippen LogP contribution in [0.1, 0.15) is 19.3 Å². The maximum Gasteiger partial charge on any atom is 0.240 e. The summed E-state index contributed by atoms with van der Waals surface area (Å²) in [4.78, 5) is -0.265. The molecule has 0 radical (unpaired) electrons. The van der Waals surface area contributed by atoms with Gasteiger partial charge in [-0.25, -0.2) is 21.9 Å². The van der Waals surface area contributed by atoms with Gasteiger partial charge in [0, 0.05) is 6.54 Å². The molecule has 1 aliphatic carbocycles. The average molecular weight is 304 g/mol. The van der Waals surface area contributed by atoms with E-state index in [1.807, 2.05) is 0 Å². The van der Waals surface area contributed by atoms with Crippen molar-refractivity contribution >= 4 is 10.0 Å². The van der Waals surface area contributed by atoms with Crippen molar-refractivity contribution < 1.29 is 17.2 Å². The summed E-state index contributed by atoms with van der Waals surface area (Å²) in [5.74, 6) is -1.71. The fourth-order valence-electron chi connectivity index (χ4n) is 2.64. The van der Waals surface area contributed by atoms with E-state index in [2.05, 4.69) is 4.72 Å². The van der Waals surface area contributed by atoms with E-state index in [1.165, 1.54) is 0 Å². The quantitative estimate of drug-likeness (QED) is 0.868. The van der Waals surface area contributed by atoms with E-state index in [0.717, 1.165) is 31.4 Å². The summed E-state index contributed by atoms with van der Waals surface area (Å²) in [6.07, 6.45) is 2.98. The van der Waals surface area contributed by atoms with Crippen molar-refractivity contribution in [2.45, 2.75) is 24.2 Å². The van der Waals surface area contributed by atoms with Crippen molar-refractivity contribution in [3.05, 3.63) is 29.8 Å². The van der Waals surface area contributed by atoms with Crippen molar-refractivity contribution in [2.75, 3.05) is 13.1 Å². The van der Waals surface area contributed by atoms with Gasteiger partial charge in [0.1, 0.15) is 0 Å². The molecule has 0 spiro atoms. The first-order valence-corrected chi connectivity index (χ1v) is 8.07. The van der Waals surface area contributed by atoms with Gasteiger partial charge in [0.15, 0.2) is 11.6 Å². The Morgan fingerprint density at radius 2 is 1.90 bits per heavy atom. The van der Waals surface area contributed by atoms with E-state index in [9.17, 15) is 17.2 Å². The van der Waals surface area contributed by atoms with Crippen LogP contribution in [0.3, 0.4) is 0 Å². The second kappa shape index (κ2) is 6.15. The molecule has 0 aliphatic heterocycles. The molecule has 1 saturated carbocycles. The zero-order valence-corrected chi connectivity index (χ0v) is 11.8. The average Bonchev–Trinajstić information content (AvgIpc) is 2.87. The van der Waals surface area contributed by atoms with Gasteiger partial charge in [-0.15, -0.1) is 0 Å². The van der Waals surface area contributed by atoms with Crippen LogP contribution >= 0.6 is 0 Å². The molecule has 1 aliphatic rings. The van der Waals surface area contributed by atoms with E-state index in [-0.39, 0.29) is 17.4 Å². The van der Waals surface area contributed by atoms with Crippen LogP contribution in [-0.4, -0.2) is 21.5 Å². The molecule has 2 unspecified atom stereocenters. The van der Waals surface area contributed by atoms with E-state index < -0.39 is 21.7 Å². The summed E-state index contributed by atoms with van der Waals surface area (Å²) in [7, 11) is -3.82. The Bertz CT molecular complexity index is 578. The van der Waals surface area contributed by atoms with Crippen LogP contribution in [0.2, 0.25) is 0 Å². The summed E-state index contributed by atoms with van der Waals surface area (Å²) >= 11 is 0. The highest BCUT2D eigenvalue weighted by Crippen LogP contribution is 2.30.